The first-order chi connectivity index (χ1) is 6.88. The molecule has 6 nitrogen and oxygen atoms in total. The van der Waals surface area contributed by atoms with Crippen molar-refractivity contribution in [2.24, 2.45) is 5.73 Å². The van der Waals surface area contributed by atoms with Gasteiger partial charge in [-0.1, -0.05) is 5.21 Å². The summed E-state index contributed by atoms with van der Waals surface area (Å²) in [5.41, 5.74) is 6.21. The largest absolute Gasteiger partial charge is 0.376 e. The Balaban J connectivity index is 1.68. The summed E-state index contributed by atoms with van der Waals surface area (Å²) in [5.74, 6) is 0. The average molecular weight is 198 g/mol. The highest BCUT2D eigenvalue weighted by Crippen LogP contribution is 2.04. The number of hydrogen-bond donors (Lipinski definition) is 1. The average Bonchev–Trinajstić information content (AvgIpc) is 2.57. The van der Waals surface area contributed by atoms with Gasteiger partial charge in [-0.3, -0.25) is 0 Å². The molecule has 2 heterocycles. The van der Waals surface area contributed by atoms with Crippen molar-refractivity contribution >= 4 is 0 Å². The third-order valence-electron chi connectivity index (χ3n) is 2.08. The summed E-state index contributed by atoms with van der Waals surface area (Å²) in [5, 5.41) is 7.78. The molecule has 0 aliphatic carbocycles. The van der Waals surface area contributed by atoms with Crippen LogP contribution in [0.2, 0.25) is 0 Å². The van der Waals surface area contributed by atoms with Gasteiger partial charge in [0.05, 0.1) is 32.1 Å². The van der Waals surface area contributed by atoms with Crippen LogP contribution < -0.4 is 5.73 Å². The zero-order valence-corrected chi connectivity index (χ0v) is 7.93. The third kappa shape index (κ3) is 2.28. The minimum Gasteiger partial charge on any atom is -0.376 e. The van der Waals surface area contributed by atoms with Crippen molar-refractivity contribution in [3.8, 4) is 0 Å². The van der Waals surface area contributed by atoms with Crippen molar-refractivity contribution in [2.45, 2.75) is 19.2 Å². The Morgan fingerprint density at radius 2 is 2.50 bits per heavy atom. The highest BCUT2D eigenvalue weighted by atomic mass is 16.6. The fraction of sp³-hybridized carbons (Fsp3) is 0.750. The predicted molar refractivity (Wildman–Crippen MR) is 48.5 cm³/mol. The van der Waals surface area contributed by atoms with Crippen molar-refractivity contribution in [1.29, 1.82) is 0 Å². The highest BCUT2D eigenvalue weighted by molar-refractivity contribution is 4.90. The van der Waals surface area contributed by atoms with Crippen LogP contribution in [0.4, 0.5) is 0 Å². The lowest BCUT2D eigenvalue weighted by atomic mass is 10.3. The third-order valence-corrected chi connectivity index (χ3v) is 2.08. The van der Waals surface area contributed by atoms with Crippen LogP contribution in [0.3, 0.4) is 0 Å². The Bertz CT molecular complexity index is 285. The molecule has 2 rings (SSSR count). The van der Waals surface area contributed by atoms with Crippen LogP contribution in [0.25, 0.3) is 0 Å². The van der Waals surface area contributed by atoms with Gasteiger partial charge in [0.25, 0.3) is 0 Å². The van der Waals surface area contributed by atoms with Crippen LogP contribution in [0.5, 0.6) is 0 Å². The van der Waals surface area contributed by atoms with Crippen LogP contribution in [0.15, 0.2) is 6.20 Å². The summed E-state index contributed by atoms with van der Waals surface area (Å²) in [7, 11) is 0. The van der Waals surface area contributed by atoms with E-state index in [1.54, 1.807) is 4.68 Å². The number of aromatic nitrogens is 3. The normalized spacial score (nSPS) is 16.9. The SMILES string of the molecule is NCc1cn(CCOC2COC2)nn1. The number of nitrogens with two attached hydrogens (primary N) is 1. The molecule has 14 heavy (non-hydrogen) atoms. The molecule has 1 saturated heterocycles. The Labute approximate surface area is 82.0 Å². The second-order valence-corrected chi connectivity index (χ2v) is 3.21. The number of nitrogens with zero attached hydrogens (tertiary/aromatic N) is 3. The van der Waals surface area contributed by atoms with Crippen molar-refractivity contribution in [3.05, 3.63) is 11.9 Å². The smallest absolute Gasteiger partial charge is 0.104 e. The van der Waals surface area contributed by atoms with Gasteiger partial charge >= 0.3 is 0 Å². The summed E-state index contributed by atoms with van der Waals surface area (Å²) in [4.78, 5) is 0. The summed E-state index contributed by atoms with van der Waals surface area (Å²) >= 11 is 0. The van der Waals surface area contributed by atoms with E-state index in [9.17, 15) is 0 Å². The number of hydrogen-bond acceptors (Lipinski definition) is 5. The Hall–Kier alpha value is -0.980. The van der Waals surface area contributed by atoms with Crippen LogP contribution >= 0.6 is 0 Å². The molecule has 0 amide bonds. The van der Waals surface area contributed by atoms with Gasteiger partial charge in [0.15, 0.2) is 0 Å². The predicted octanol–water partition coefficient (Wildman–Crippen LogP) is -0.848. The molecule has 0 atom stereocenters. The lowest BCUT2D eigenvalue weighted by molar-refractivity contribution is -0.131. The Kier molecular flexibility index (Phi) is 3.07. The van der Waals surface area contributed by atoms with Crippen LogP contribution in [0.1, 0.15) is 5.69 Å². The van der Waals surface area contributed by atoms with E-state index in [-0.39, 0.29) is 6.10 Å². The van der Waals surface area contributed by atoms with E-state index in [2.05, 4.69) is 10.3 Å². The maximum absolute atomic E-state index is 5.48. The molecule has 0 saturated carbocycles. The molecule has 1 aliphatic heterocycles. The highest BCUT2D eigenvalue weighted by Gasteiger charge is 2.18. The van der Waals surface area contributed by atoms with Crippen molar-refractivity contribution < 1.29 is 9.47 Å². The first-order valence-corrected chi connectivity index (χ1v) is 4.67. The minimum absolute atomic E-state index is 0.271. The van der Waals surface area contributed by atoms with Gasteiger partial charge in [0.1, 0.15) is 6.10 Å². The van der Waals surface area contributed by atoms with Crippen LogP contribution in [-0.2, 0) is 22.6 Å². The second kappa shape index (κ2) is 4.50. The maximum Gasteiger partial charge on any atom is 0.104 e. The quantitative estimate of drug-likeness (QED) is 0.667. The van der Waals surface area contributed by atoms with Gasteiger partial charge in [0.2, 0.25) is 0 Å². The lowest BCUT2D eigenvalue weighted by Crippen LogP contribution is -2.36. The number of rotatable bonds is 5. The zero-order chi connectivity index (χ0) is 9.80. The molecule has 78 valence electrons. The maximum atomic E-state index is 5.48. The van der Waals surface area contributed by atoms with E-state index in [4.69, 9.17) is 15.2 Å². The number of ether oxygens (including phenoxy) is 2. The zero-order valence-electron chi connectivity index (χ0n) is 7.93. The van der Waals surface area contributed by atoms with Crippen LogP contribution in [-0.4, -0.2) is 40.9 Å². The summed E-state index contributed by atoms with van der Waals surface area (Å²) in [6, 6.07) is 0. The molecule has 1 fully saturated rings. The first kappa shape index (κ1) is 9.57. The summed E-state index contributed by atoms with van der Waals surface area (Å²) in [6.45, 7) is 3.21. The summed E-state index contributed by atoms with van der Waals surface area (Å²) in [6.07, 6.45) is 2.10. The van der Waals surface area contributed by atoms with E-state index in [0.29, 0.717) is 32.9 Å². The van der Waals surface area contributed by atoms with E-state index in [0.717, 1.165) is 5.69 Å². The van der Waals surface area contributed by atoms with Gasteiger partial charge < -0.3 is 15.2 Å². The van der Waals surface area contributed by atoms with Gasteiger partial charge in [-0.15, -0.1) is 5.10 Å². The first-order valence-electron chi connectivity index (χ1n) is 4.67. The monoisotopic (exact) mass is 198 g/mol. The standard InChI is InChI=1S/C8H14N4O2/c9-3-7-4-12(11-10-7)1-2-14-8-5-13-6-8/h4,8H,1-3,5-6,9H2. The Morgan fingerprint density at radius 3 is 3.07 bits per heavy atom. The molecule has 1 aromatic heterocycles. The molecule has 1 aromatic rings. The molecular formula is C8H14N4O2. The molecule has 0 bridgehead atoms. The van der Waals surface area contributed by atoms with E-state index in [1.807, 2.05) is 6.20 Å². The molecule has 2 N–H and O–H groups in total. The van der Waals surface area contributed by atoms with Crippen molar-refractivity contribution in [1.82, 2.24) is 15.0 Å². The fourth-order valence-corrected chi connectivity index (χ4v) is 1.16. The van der Waals surface area contributed by atoms with E-state index in [1.165, 1.54) is 0 Å². The van der Waals surface area contributed by atoms with Gasteiger partial charge in [-0.2, -0.15) is 0 Å². The summed E-state index contributed by atoms with van der Waals surface area (Å²) < 4.78 is 12.2. The van der Waals surface area contributed by atoms with Gasteiger partial charge in [-0.25, -0.2) is 4.68 Å². The molecule has 0 aromatic carbocycles. The van der Waals surface area contributed by atoms with Gasteiger partial charge in [0, 0.05) is 12.7 Å². The molecule has 1 aliphatic rings. The topological polar surface area (TPSA) is 75.2 Å². The molecule has 0 unspecified atom stereocenters. The van der Waals surface area contributed by atoms with Gasteiger partial charge in [-0.05, 0) is 0 Å². The lowest BCUT2D eigenvalue weighted by Gasteiger charge is -2.25. The fourth-order valence-electron chi connectivity index (χ4n) is 1.16. The Morgan fingerprint density at radius 1 is 1.64 bits per heavy atom. The minimum atomic E-state index is 0.271. The van der Waals surface area contributed by atoms with Crippen molar-refractivity contribution in [3.63, 3.8) is 0 Å². The van der Waals surface area contributed by atoms with Crippen molar-refractivity contribution in [2.75, 3.05) is 19.8 Å². The second-order valence-electron chi connectivity index (χ2n) is 3.21. The molecule has 0 spiro atoms. The molecule has 0 radical (unpaired) electrons. The van der Waals surface area contributed by atoms with Crippen LogP contribution in [0, 0.1) is 0 Å². The molecule has 6 heteroatoms. The van der Waals surface area contributed by atoms with E-state index >= 15 is 0 Å². The molecular weight excluding hydrogens is 184 g/mol. The van der Waals surface area contributed by atoms with E-state index < -0.39 is 0 Å².